The van der Waals surface area contributed by atoms with Crippen LogP contribution in [0.1, 0.15) is 43.0 Å². The molecule has 1 amide bonds. The summed E-state index contributed by atoms with van der Waals surface area (Å²) < 4.78 is 0. The zero-order chi connectivity index (χ0) is 13.4. The van der Waals surface area contributed by atoms with E-state index in [9.17, 15) is 4.79 Å². The SMILES string of the molecule is C[C@@H](NC(=O)c1ccc(Cl)cc1)[C@@H]1C[C@H]2CC[C@@H]1C2. The second-order valence-electron chi connectivity index (χ2n) is 6.11. The molecule has 0 radical (unpaired) electrons. The van der Waals surface area contributed by atoms with Gasteiger partial charge in [-0.3, -0.25) is 4.79 Å². The van der Waals surface area contributed by atoms with Crippen LogP contribution in [0.25, 0.3) is 0 Å². The standard InChI is InChI=1S/C16H20ClNO/c1-10(15-9-11-2-3-13(15)8-11)18-16(19)12-4-6-14(17)7-5-12/h4-7,10-11,13,15H,2-3,8-9H2,1H3,(H,18,19)/t10-,11+,13-,15+/m1/s1. The Balaban J connectivity index is 1.61. The lowest BCUT2D eigenvalue weighted by atomic mass is 9.84. The molecule has 102 valence electrons. The molecule has 0 aromatic heterocycles. The molecule has 0 saturated heterocycles. The number of hydrogen-bond donors (Lipinski definition) is 1. The second-order valence-corrected chi connectivity index (χ2v) is 6.54. The van der Waals surface area contributed by atoms with E-state index >= 15 is 0 Å². The average molecular weight is 278 g/mol. The molecular formula is C16H20ClNO. The lowest BCUT2D eigenvalue weighted by Gasteiger charge is -2.28. The highest BCUT2D eigenvalue weighted by atomic mass is 35.5. The molecule has 2 bridgehead atoms. The summed E-state index contributed by atoms with van der Waals surface area (Å²) in [4.78, 5) is 12.2. The Hall–Kier alpha value is -1.02. The van der Waals surface area contributed by atoms with E-state index in [-0.39, 0.29) is 11.9 Å². The summed E-state index contributed by atoms with van der Waals surface area (Å²) in [5.41, 5.74) is 0.694. The van der Waals surface area contributed by atoms with Crippen molar-refractivity contribution < 1.29 is 4.79 Å². The molecule has 1 aromatic rings. The molecule has 0 unspecified atom stereocenters. The number of benzene rings is 1. The zero-order valence-corrected chi connectivity index (χ0v) is 12.0. The summed E-state index contributed by atoms with van der Waals surface area (Å²) in [5, 5.41) is 3.82. The van der Waals surface area contributed by atoms with Crippen molar-refractivity contribution in [2.24, 2.45) is 17.8 Å². The number of carbonyl (C=O) groups is 1. The fourth-order valence-corrected chi connectivity index (χ4v) is 4.03. The van der Waals surface area contributed by atoms with Crippen LogP contribution in [0.3, 0.4) is 0 Å². The highest BCUT2D eigenvalue weighted by molar-refractivity contribution is 6.30. The summed E-state index contributed by atoms with van der Waals surface area (Å²) in [6.45, 7) is 2.15. The van der Waals surface area contributed by atoms with Gasteiger partial charge in [0.05, 0.1) is 0 Å². The molecule has 0 heterocycles. The third-order valence-corrected chi connectivity index (χ3v) is 5.15. The Morgan fingerprint density at radius 1 is 1.26 bits per heavy atom. The first-order valence-corrected chi connectivity index (χ1v) is 7.57. The maximum atomic E-state index is 12.2. The minimum atomic E-state index is 0.0203. The summed E-state index contributed by atoms with van der Waals surface area (Å²) in [7, 11) is 0. The van der Waals surface area contributed by atoms with Gasteiger partial charge in [0.15, 0.2) is 0 Å². The van der Waals surface area contributed by atoms with Crippen LogP contribution in [0, 0.1) is 17.8 Å². The third kappa shape index (κ3) is 2.64. The van der Waals surface area contributed by atoms with Gasteiger partial charge in [0.25, 0.3) is 5.91 Å². The largest absolute Gasteiger partial charge is 0.349 e. The number of amides is 1. The van der Waals surface area contributed by atoms with E-state index in [4.69, 9.17) is 11.6 Å². The van der Waals surface area contributed by atoms with E-state index in [0.29, 0.717) is 16.5 Å². The number of nitrogens with one attached hydrogen (secondary N) is 1. The lowest BCUT2D eigenvalue weighted by molar-refractivity contribution is 0.0915. The van der Waals surface area contributed by atoms with E-state index in [1.165, 1.54) is 25.7 Å². The predicted molar refractivity (Wildman–Crippen MR) is 77.3 cm³/mol. The predicted octanol–water partition coefficient (Wildman–Crippen LogP) is 3.89. The molecule has 1 N–H and O–H groups in total. The molecule has 0 aliphatic heterocycles. The molecule has 19 heavy (non-hydrogen) atoms. The summed E-state index contributed by atoms with van der Waals surface area (Å²) in [6, 6.07) is 7.37. The maximum Gasteiger partial charge on any atom is 0.251 e. The zero-order valence-electron chi connectivity index (χ0n) is 11.2. The molecule has 3 heteroatoms. The Morgan fingerprint density at radius 3 is 2.58 bits per heavy atom. The summed E-state index contributed by atoms with van der Waals surface area (Å²) in [5.74, 6) is 2.46. The number of carbonyl (C=O) groups excluding carboxylic acids is 1. The molecule has 4 atom stereocenters. The van der Waals surface area contributed by atoms with Crippen molar-refractivity contribution in [3.8, 4) is 0 Å². The van der Waals surface area contributed by atoms with Gasteiger partial charge in [0, 0.05) is 16.6 Å². The number of fused-ring (bicyclic) bond motifs is 2. The van der Waals surface area contributed by atoms with Crippen LogP contribution < -0.4 is 5.32 Å². The van der Waals surface area contributed by atoms with Crippen LogP contribution in [0.4, 0.5) is 0 Å². The average Bonchev–Trinajstić information content (AvgIpc) is 3.01. The first-order chi connectivity index (χ1) is 9.13. The third-order valence-electron chi connectivity index (χ3n) is 4.90. The van der Waals surface area contributed by atoms with E-state index in [1.807, 2.05) is 0 Å². The monoisotopic (exact) mass is 277 g/mol. The quantitative estimate of drug-likeness (QED) is 0.892. The van der Waals surface area contributed by atoms with Gasteiger partial charge in [-0.15, -0.1) is 0 Å². The first kappa shape index (κ1) is 13.0. The lowest BCUT2D eigenvalue weighted by Crippen LogP contribution is -2.40. The van der Waals surface area contributed by atoms with Crippen molar-refractivity contribution in [3.05, 3.63) is 34.9 Å². The highest BCUT2D eigenvalue weighted by Gasteiger charge is 2.42. The van der Waals surface area contributed by atoms with Gasteiger partial charge < -0.3 is 5.32 Å². The smallest absolute Gasteiger partial charge is 0.251 e. The van der Waals surface area contributed by atoms with Crippen LogP contribution in [-0.2, 0) is 0 Å². The minimum Gasteiger partial charge on any atom is -0.349 e. The number of hydrogen-bond acceptors (Lipinski definition) is 1. The van der Waals surface area contributed by atoms with Crippen LogP contribution in [-0.4, -0.2) is 11.9 Å². The van der Waals surface area contributed by atoms with Crippen LogP contribution >= 0.6 is 11.6 Å². The van der Waals surface area contributed by atoms with Gasteiger partial charge >= 0.3 is 0 Å². The maximum absolute atomic E-state index is 12.2. The Bertz CT molecular complexity index is 470. The molecule has 2 aliphatic rings. The van der Waals surface area contributed by atoms with Gasteiger partial charge in [-0.1, -0.05) is 18.0 Å². The van der Waals surface area contributed by atoms with E-state index in [0.717, 1.165) is 11.8 Å². The van der Waals surface area contributed by atoms with Gasteiger partial charge in [-0.2, -0.15) is 0 Å². The minimum absolute atomic E-state index is 0.0203. The molecule has 0 spiro atoms. The molecular weight excluding hydrogens is 258 g/mol. The van der Waals surface area contributed by atoms with Crippen molar-refractivity contribution in [3.63, 3.8) is 0 Å². The van der Waals surface area contributed by atoms with Gasteiger partial charge in [0.2, 0.25) is 0 Å². The number of halogens is 1. The molecule has 3 rings (SSSR count). The fraction of sp³-hybridized carbons (Fsp3) is 0.562. The molecule has 2 fully saturated rings. The topological polar surface area (TPSA) is 29.1 Å². The molecule has 1 aromatic carbocycles. The van der Waals surface area contributed by atoms with E-state index < -0.39 is 0 Å². The van der Waals surface area contributed by atoms with Crippen molar-refractivity contribution in [1.29, 1.82) is 0 Å². The van der Waals surface area contributed by atoms with Gasteiger partial charge in [-0.25, -0.2) is 0 Å². The summed E-state index contributed by atoms with van der Waals surface area (Å²) in [6.07, 6.45) is 5.44. The Morgan fingerprint density at radius 2 is 2.00 bits per heavy atom. The van der Waals surface area contributed by atoms with Gasteiger partial charge in [-0.05, 0) is 68.2 Å². The van der Waals surface area contributed by atoms with Crippen LogP contribution in [0.5, 0.6) is 0 Å². The van der Waals surface area contributed by atoms with Crippen molar-refractivity contribution in [2.45, 2.75) is 38.6 Å². The fourth-order valence-electron chi connectivity index (χ4n) is 3.90. The van der Waals surface area contributed by atoms with Gasteiger partial charge in [0.1, 0.15) is 0 Å². The van der Waals surface area contributed by atoms with Crippen LogP contribution in [0.2, 0.25) is 5.02 Å². The highest BCUT2D eigenvalue weighted by Crippen LogP contribution is 2.49. The normalized spacial score (nSPS) is 30.3. The van der Waals surface area contributed by atoms with E-state index in [2.05, 4.69) is 12.2 Å². The second kappa shape index (κ2) is 5.16. The molecule has 2 saturated carbocycles. The number of rotatable bonds is 3. The van der Waals surface area contributed by atoms with Crippen molar-refractivity contribution in [2.75, 3.05) is 0 Å². The van der Waals surface area contributed by atoms with Crippen molar-refractivity contribution in [1.82, 2.24) is 5.32 Å². The Labute approximate surface area is 119 Å². The molecule has 2 aliphatic carbocycles. The van der Waals surface area contributed by atoms with Crippen LogP contribution in [0.15, 0.2) is 24.3 Å². The van der Waals surface area contributed by atoms with E-state index in [1.54, 1.807) is 24.3 Å². The summed E-state index contributed by atoms with van der Waals surface area (Å²) >= 11 is 5.84. The van der Waals surface area contributed by atoms with Crippen molar-refractivity contribution >= 4 is 17.5 Å². The molecule has 2 nitrogen and oxygen atoms in total. The first-order valence-electron chi connectivity index (χ1n) is 7.20. The Kier molecular flexibility index (Phi) is 3.53.